The lowest BCUT2D eigenvalue weighted by Crippen LogP contribution is -2.46. The van der Waals surface area contributed by atoms with E-state index >= 15 is 0 Å². The van der Waals surface area contributed by atoms with E-state index < -0.39 is 6.04 Å². The predicted molar refractivity (Wildman–Crippen MR) is 57.1 cm³/mol. The van der Waals surface area contributed by atoms with Crippen LogP contribution in [0.2, 0.25) is 0 Å². The highest BCUT2D eigenvalue weighted by atomic mass is 16.2. The molecule has 1 saturated heterocycles. The lowest BCUT2D eigenvalue weighted by molar-refractivity contribution is -0.138. The molecule has 0 aromatic carbocycles. The van der Waals surface area contributed by atoms with E-state index in [1.54, 1.807) is 16.8 Å². The standard InChI is InChI=1S/C10H19N3O2/c1-3-8(11)10(15)13-6-4-5-12(2)9(14)7-13/h8H,3-7,11H2,1-2H3/t8-/m1/s1. The van der Waals surface area contributed by atoms with Crippen molar-refractivity contribution in [3.8, 4) is 0 Å². The summed E-state index contributed by atoms with van der Waals surface area (Å²) in [4.78, 5) is 26.5. The first-order valence-corrected chi connectivity index (χ1v) is 5.34. The number of carbonyl (C=O) groups excluding carboxylic acids is 2. The number of rotatable bonds is 2. The van der Waals surface area contributed by atoms with Crippen LogP contribution in [0.15, 0.2) is 0 Å². The Morgan fingerprint density at radius 2 is 2.20 bits per heavy atom. The summed E-state index contributed by atoms with van der Waals surface area (Å²) in [5.41, 5.74) is 5.66. The van der Waals surface area contributed by atoms with Crippen molar-refractivity contribution >= 4 is 11.8 Å². The maximum atomic E-state index is 11.8. The fourth-order valence-corrected chi connectivity index (χ4v) is 1.58. The molecular formula is C10H19N3O2. The molecule has 5 heteroatoms. The van der Waals surface area contributed by atoms with Crippen molar-refractivity contribution in [2.45, 2.75) is 25.8 Å². The fourth-order valence-electron chi connectivity index (χ4n) is 1.58. The quantitative estimate of drug-likeness (QED) is 0.667. The van der Waals surface area contributed by atoms with Crippen molar-refractivity contribution in [2.75, 3.05) is 26.7 Å². The van der Waals surface area contributed by atoms with Crippen molar-refractivity contribution in [1.82, 2.24) is 9.80 Å². The van der Waals surface area contributed by atoms with Crippen LogP contribution in [-0.4, -0.2) is 54.3 Å². The van der Waals surface area contributed by atoms with Gasteiger partial charge in [-0.15, -0.1) is 0 Å². The molecule has 1 rings (SSSR count). The van der Waals surface area contributed by atoms with Crippen molar-refractivity contribution in [1.29, 1.82) is 0 Å². The molecule has 86 valence electrons. The minimum atomic E-state index is -0.471. The van der Waals surface area contributed by atoms with E-state index in [4.69, 9.17) is 5.73 Å². The first-order valence-electron chi connectivity index (χ1n) is 5.34. The van der Waals surface area contributed by atoms with Crippen molar-refractivity contribution < 1.29 is 9.59 Å². The molecule has 2 amide bonds. The maximum absolute atomic E-state index is 11.8. The minimum Gasteiger partial charge on any atom is -0.344 e. The summed E-state index contributed by atoms with van der Waals surface area (Å²) in [6.07, 6.45) is 1.43. The van der Waals surface area contributed by atoms with Crippen LogP contribution in [0.3, 0.4) is 0 Å². The lowest BCUT2D eigenvalue weighted by atomic mass is 10.2. The number of nitrogens with zero attached hydrogens (tertiary/aromatic N) is 2. The molecule has 1 heterocycles. The summed E-state index contributed by atoms with van der Waals surface area (Å²) in [6, 6.07) is -0.471. The number of amides is 2. The molecule has 0 aromatic heterocycles. The van der Waals surface area contributed by atoms with Crippen LogP contribution in [-0.2, 0) is 9.59 Å². The maximum Gasteiger partial charge on any atom is 0.241 e. The fraction of sp³-hybridized carbons (Fsp3) is 0.800. The zero-order chi connectivity index (χ0) is 11.4. The van der Waals surface area contributed by atoms with E-state index in [0.717, 1.165) is 6.42 Å². The third kappa shape index (κ3) is 2.92. The van der Waals surface area contributed by atoms with Gasteiger partial charge in [0.25, 0.3) is 0 Å². The van der Waals surface area contributed by atoms with E-state index in [9.17, 15) is 9.59 Å². The van der Waals surface area contributed by atoms with Gasteiger partial charge in [0.2, 0.25) is 11.8 Å². The molecule has 0 radical (unpaired) electrons. The van der Waals surface area contributed by atoms with Gasteiger partial charge in [-0.05, 0) is 12.8 Å². The average Bonchev–Trinajstić information content (AvgIpc) is 2.39. The van der Waals surface area contributed by atoms with E-state index in [2.05, 4.69) is 0 Å². The lowest BCUT2D eigenvalue weighted by Gasteiger charge is -2.22. The molecule has 0 saturated carbocycles. The van der Waals surface area contributed by atoms with E-state index in [-0.39, 0.29) is 18.4 Å². The van der Waals surface area contributed by atoms with Crippen LogP contribution in [0.4, 0.5) is 0 Å². The van der Waals surface area contributed by atoms with Gasteiger partial charge in [-0.3, -0.25) is 9.59 Å². The van der Waals surface area contributed by atoms with Crippen LogP contribution >= 0.6 is 0 Å². The SMILES string of the molecule is CC[C@@H](N)C(=O)N1CCCN(C)C(=O)C1. The van der Waals surface area contributed by atoms with Gasteiger partial charge in [0.1, 0.15) is 0 Å². The largest absolute Gasteiger partial charge is 0.344 e. The summed E-state index contributed by atoms with van der Waals surface area (Å²) in [7, 11) is 1.76. The second-order valence-electron chi connectivity index (χ2n) is 3.94. The van der Waals surface area contributed by atoms with Crippen molar-refractivity contribution in [2.24, 2.45) is 5.73 Å². The first kappa shape index (κ1) is 12.0. The molecule has 0 bridgehead atoms. The molecule has 15 heavy (non-hydrogen) atoms. The average molecular weight is 213 g/mol. The molecule has 5 nitrogen and oxygen atoms in total. The molecular weight excluding hydrogens is 194 g/mol. The Hall–Kier alpha value is -1.10. The molecule has 0 spiro atoms. The molecule has 1 aliphatic rings. The van der Waals surface area contributed by atoms with Gasteiger partial charge < -0.3 is 15.5 Å². The minimum absolute atomic E-state index is 0.0100. The third-order valence-electron chi connectivity index (χ3n) is 2.74. The van der Waals surface area contributed by atoms with E-state index in [0.29, 0.717) is 19.5 Å². The molecule has 1 aliphatic heterocycles. The highest BCUT2D eigenvalue weighted by Gasteiger charge is 2.25. The molecule has 1 atom stereocenters. The van der Waals surface area contributed by atoms with Gasteiger partial charge in [-0.2, -0.15) is 0 Å². The second-order valence-corrected chi connectivity index (χ2v) is 3.94. The van der Waals surface area contributed by atoms with Crippen LogP contribution in [0.5, 0.6) is 0 Å². The number of hydrogen-bond acceptors (Lipinski definition) is 3. The second kappa shape index (κ2) is 5.11. The monoisotopic (exact) mass is 213 g/mol. The van der Waals surface area contributed by atoms with E-state index in [1.165, 1.54) is 0 Å². The number of nitrogens with two attached hydrogens (primary N) is 1. The number of carbonyl (C=O) groups is 2. The Labute approximate surface area is 90.2 Å². The Morgan fingerprint density at radius 3 is 2.80 bits per heavy atom. The van der Waals surface area contributed by atoms with Crippen LogP contribution in [0.1, 0.15) is 19.8 Å². The van der Waals surface area contributed by atoms with Gasteiger partial charge in [0, 0.05) is 20.1 Å². The van der Waals surface area contributed by atoms with E-state index in [1.807, 2.05) is 6.92 Å². The van der Waals surface area contributed by atoms with Crippen molar-refractivity contribution in [3.63, 3.8) is 0 Å². The van der Waals surface area contributed by atoms with Crippen molar-refractivity contribution in [3.05, 3.63) is 0 Å². The Balaban J connectivity index is 2.62. The predicted octanol–water partition coefficient (Wildman–Crippen LogP) is -0.586. The molecule has 0 aliphatic carbocycles. The Kier molecular flexibility index (Phi) is 4.08. The highest BCUT2D eigenvalue weighted by Crippen LogP contribution is 2.05. The molecule has 0 unspecified atom stereocenters. The zero-order valence-corrected chi connectivity index (χ0v) is 9.40. The number of likely N-dealkylation sites (N-methyl/N-ethyl adjacent to an activating group) is 1. The van der Waals surface area contributed by atoms with Gasteiger partial charge >= 0.3 is 0 Å². The van der Waals surface area contributed by atoms with Crippen LogP contribution in [0.25, 0.3) is 0 Å². The Morgan fingerprint density at radius 1 is 1.53 bits per heavy atom. The molecule has 1 fully saturated rings. The summed E-state index contributed by atoms with van der Waals surface area (Å²) < 4.78 is 0. The van der Waals surface area contributed by atoms with Crippen LogP contribution in [0, 0.1) is 0 Å². The summed E-state index contributed by atoms with van der Waals surface area (Å²) >= 11 is 0. The summed E-state index contributed by atoms with van der Waals surface area (Å²) in [5.74, 6) is -0.120. The van der Waals surface area contributed by atoms with Gasteiger partial charge in [-0.25, -0.2) is 0 Å². The Bertz CT molecular complexity index is 255. The van der Waals surface area contributed by atoms with Gasteiger partial charge in [0.15, 0.2) is 0 Å². The molecule has 0 aromatic rings. The zero-order valence-electron chi connectivity index (χ0n) is 9.40. The summed E-state index contributed by atoms with van der Waals surface area (Å²) in [6.45, 7) is 3.38. The number of hydrogen-bond donors (Lipinski definition) is 1. The summed E-state index contributed by atoms with van der Waals surface area (Å²) in [5, 5.41) is 0. The van der Waals surface area contributed by atoms with Crippen LogP contribution < -0.4 is 5.73 Å². The topological polar surface area (TPSA) is 66.6 Å². The smallest absolute Gasteiger partial charge is 0.241 e. The molecule has 2 N–H and O–H groups in total. The highest BCUT2D eigenvalue weighted by molar-refractivity contribution is 5.87. The normalized spacial score (nSPS) is 20.1. The first-order chi connectivity index (χ1) is 7.06. The van der Waals surface area contributed by atoms with Gasteiger partial charge in [-0.1, -0.05) is 6.92 Å². The third-order valence-corrected chi connectivity index (χ3v) is 2.74. The van der Waals surface area contributed by atoms with Gasteiger partial charge in [0.05, 0.1) is 12.6 Å².